The fraction of sp³-hybridized carbons (Fsp3) is 0.417. The lowest BCUT2D eigenvalue weighted by atomic mass is 10.1. The minimum absolute atomic E-state index is 0.167. The van der Waals surface area contributed by atoms with E-state index in [0.29, 0.717) is 0 Å². The zero-order valence-electron chi connectivity index (χ0n) is 9.63. The molecule has 1 fully saturated rings. The molecule has 1 heterocycles. The van der Waals surface area contributed by atoms with Crippen LogP contribution in [0.5, 0.6) is 0 Å². The van der Waals surface area contributed by atoms with Gasteiger partial charge in [0.2, 0.25) is 0 Å². The summed E-state index contributed by atoms with van der Waals surface area (Å²) in [5, 5.41) is 8.86. The van der Waals surface area contributed by atoms with Gasteiger partial charge in [0.25, 0.3) is 0 Å². The van der Waals surface area contributed by atoms with Gasteiger partial charge in [-0.05, 0) is 30.7 Å². The van der Waals surface area contributed by atoms with Gasteiger partial charge in [-0.25, -0.2) is 4.89 Å². The number of hydrogen-bond donors (Lipinski definition) is 0. The monoisotopic (exact) mass is 250 g/mol. The Balaban J connectivity index is 1.96. The van der Waals surface area contributed by atoms with Gasteiger partial charge in [-0.1, -0.05) is 0 Å². The molecule has 1 aromatic rings. The summed E-state index contributed by atoms with van der Waals surface area (Å²) >= 11 is 1.18. The van der Waals surface area contributed by atoms with Crippen molar-refractivity contribution in [1.29, 1.82) is 5.26 Å². The number of nitriles is 1. The summed E-state index contributed by atoms with van der Waals surface area (Å²) in [6, 6.07) is 10.4. The van der Waals surface area contributed by atoms with E-state index < -0.39 is 0 Å². The fourth-order valence-electron chi connectivity index (χ4n) is 1.89. The van der Waals surface area contributed by atoms with Crippen LogP contribution in [0.15, 0.2) is 29.2 Å². The van der Waals surface area contributed by atoms with Crippen LogP contribution in [0.3, 0.4) is 0 Å². The molecule has 90 valence electrons. The summed E-state index contributed by atoms with van der Waals surface area (Å²) in [6.45, 7) is 1.79. The van der Waals surface area contributed by atoms with Crippen molar-refractivity contribution in [2.75, 3.05) is 25.1 Å². The van der Waals surface area contributed by atoms with Crippen molar-refractivity contribution in [3.05, 3.63) is 24.3 Å². The quantitative estimate of drug-likeness (QED) is 0.467. The third-order valence-corrected chi connectivity index (χ3v) is 3.44. The highest BCUT2D eigenvalue weighted by Gasteiger charge is 2.21. The fourth-order valence-corrected chi connectivity index (χ4v) is 2.28. The topological polar surface area (TPSA) is 45.5 Å². The molecule has 0 saturated carbocycles. The Morgan fingerprint density at radius 3 is 2.76 bits per heavy atom. The number of benzene rings is 1. The standard InChI is InChI=1S/C12H14N2O2S/c1-15-16-17-12-4-2-11(3-5-12)14-7-6-10(8-13)9-14/h2-5,10H,6-7,9H2,1H3. The number of anilines is 1. The maximum absolute atomic E-state index is 8.86. The second kappa shape index (κ2) is 5.92. The van der Waals surface area contributed by atoms with E-state index in [1.165, 1.54) is 19.2 Å². The molecule has 0 spiro atoms. The van der Waals surface area contributed by atoms with Crippen molar-refractivity contribution < 1.29 is 9.22 Å². The summed E-state index contributed by atoms with van der Waals surface area (Å²) in [7, 11) is 1.48. The maximum atomic E-state index is 8.86. The Morgan fingerprint density at radius 2 is 2.18 bits per heavy atom. The molecule has 0 bridgehead atoms. The summed E-state index contributed by atoms with van der Waals surface area (Å²) in [6.07, 6.45) is 0.958. The molecule has 2 rings (SSSR count). The molecule has 1 aliphatic rings. The lowest BCUT2D eigenvalue weighted by Gasteiger charge is -2.17. The highest BCUT2D eigenvalue weighted by molar-refractivity contribution is 7.94. The molecule has 5 heteroatoms. The third kappa shape index (κ3) is 3.13. The van der Waals surface area contributed by atoms with Gasteiger partial charge in [-0.2, -0.15) is 9.60 Å². The number of nitrogens with zero attached hydrogens (tertiary/aromatic N) is 2. The van der Waals surface area contributed by atoms with E-state index in [1.807, 2.05) is 24.3 Å². The Labute approximate surface area is 105 Å². The van der Waals surface area contributed by atoms with Gasteiger partial charge < -0.3 is 4.90 Å². The van der Waals surface area contributed by atoms with E-state index in [1.54, 1.807) is 0 Å². The van der Waals surface area contributed by atoms with E-state index in [-0.39, 0.29) is 5.92 Å². The average Bonchev–Trinajstić information content (AvgIpc) is 2.86. The number of hydrogen-bond acceptors (Lipinski definition) is 5. The van der Waals surface area contributed by atoms with Crippen LogP contribution in [-0.4, -0.2) is 20.2 Å². The Morgan fingerprint density at radius 1 is 1.41 bits per heavy atom. The van der Waals surface area contributed by atoms with Crippen LogP contribution in [0.25, 0.3) is 0 Å². The molecule has 17 heavy (non-hydrogen) atoms. The molecular formula is C12H14N2O2S. The van der Waals surface area contributed by atoms with Crippen LogP contribution in [0.1, 0.15) is 6.42 Å². The molecular weight excluding hydrogens is 236 g/mol. The van der Waals surface area contributed by atoms with Gasteiger partial charge in [-0.3, -0.25) is 0 Å². The summed E-state index contributed by atoms with van der Waals surface area (Å²) < 4.78 is 4.78. The minimum Gasteiger partial charge on any atom is -0.370 e. The minimum atomic E-state index is 0.167. The Kier molecular flexibility index (Phi) is 4.26. The van der Waals surface area contributed by atoms with Crippen molar-refractivity contribution in [1.82, 2.24) is 0 Å². The lowest BCUT2D eigenvalue weighted by Crippen LogP contribution is -2.18. The molecule has 1 saturated heterocycles. The lowest BCUT2D eigenvalue weighted by molar-refractivity contribution is -0.160. The molecule has 0 N–H and O–H groups in total. The first-order valence-electron chi connectivity index (χ1n) is 5.45. The second-order valence-electron chi connectivity index (χ2n) is 3.87. The van der Waals surface area contributed by atoms with Gasteiger partial charge in [0.15, 0.2) is 0 Å². The molecule has 4 nitrogen and oxygen atoms in total. The van der Waals surface area contributed by atoms with Crippen LogP contribution in [-0.2, 0) is 9.22 Å². The molecule has 1 aromatic carbocycles. The molecule has 1 unspecified atom stereocenters. The molecule has 1 atom stereocenters. The van der Waals surface area contributed by atoms with E-state index in [4.69, 9.17) is 9.60 Å². The van der Waals surface area contributed by atoms with E-state index in [2.05, 4.69) is 15.9 Å². The first-order chi connectivity index (χ1) is 8.33. The summed E-state index contributed by atoms with van der Waals surface area (Å²) in [5.74, 6) is 0.167. The SMILES string of the molecule is COOSc1ccc(N2CCC(C#N)C2)cc1. The predicted octanol–water partition coefficient (Wildman–Crippen LogP) is 2.62. The van der Waals surface area contributed by atoms with Crippen molar-refractivity contribution >= 4 is 17.7 Å². The Bertz CT molecular complexity index is 402. The van der Waals surface area contributed by atoms with Crippen LogP contribution in [0, 0.1) is 17.2 Å². The van der Waals surface area contributed by atoms with E-state index in [9.17, 15) is 0 Å². The molecule has 0 aromatic heterocycles. The van der Waals surface area contributed by atoms with Crippen LogP contribution in [0.4, 0.5) is 5.69 Å². The normalized spacial score (nSPS) is 19.3. The summed E-state index contributed by atoms with van der Waals surface area (Å²) in [4.78, 5) is 7.75. The first kappa shape index (κ1) is 12.2. The largest absolute Gasteiger partial charge is 0.370 e. The number of rotatable bonds is 4. The predicted molar refractivity (Wildman–Crippen MR) is 66.3 cm³/mol. The van der Waals surface area contributed by atoms with Crippen molar-refractivity contribution in [2.24, 2.45) is 5.92 Å². The van der Waals surface area contributed by atoms with Gasteiger partial charge in [0.05, 0.1) is 31.1 Å². The van der Waals surface area contributed by atoms with Crippen molar-refractivity contribution in [3.63, 3.8) is 0 Å². The highest BCUT2D eigenvalue weighted by atomic mass is 32.2. The maximum Gasteiger partial charge on any atom is 0.0725 e. The smallest absolute Gasteiger partial charge is 0.0725 e. The second-order valence-corrected chi connectivity index (χ2v) is 4.65. The van der Waals surface area contributed by atoms with Crippen LogP contribution in [0.2, 0.25) is 0 Å². The van der Waals surface area contributed by atoms with Crippen LogP contribution >= 0.6 is 12.0 Å². The van der Waals surface area contributed by atoms with E-state index >= 15 is 0 Å². The zero-order valence-corrected chi connectivity index (χ0v) is 10.4. The van der Waals surface area contributed by atoms with Crippen molar-refractivity contribution in [2.45, 2.75) is 11.3 Å². The van der Waals surface area contributed by atoms with Gasteiger partial charge in [0, 0.05) is 23.7 Å². The molecule has 1 aliphatic heterocycles. The highest BCUT2D eigenvalue weighted by Crippen LogP contribution is 2.26. The summed E-state index contributed by atoms with van der Waals surface area (Å²) in [5.41, 5.74) is 1.16. The van der Waals surface area contributed by atoms with Gasteiger partial charge in [0.1, 0.15) is 0 Å². The Hall–Kier alpha value is -1.22. The third-order valence-electron chi connectivity index (χ3n) is 2.77. The molecule has 0 amide bonds. The van der Waals surface area contributed by atoms with Crippen LogP contribution < -0.4 is 4.90 Å². The van der Waals surface area contributed by atoms with Crippen molar-refractivity contribution in [3.8, 4) is 6.07 Å². The first-order valence-corrected chi connectivity index (χ1v) is 6.19. The zero-order chi connectivity index (χ0) is 12.1. The van der Waals surface area contributed by atoms with Gasteiger partial charge in [-0.15, -0.1) is 0 Å². The van der Waals surface area contributed by atoms with E-state index in [0.717, 1.165) is 30.1 Å². The molecule has 0 radical (unpaired) electrons. The molecule has 0 aliphatic carbocycles. The van der Waals surface area contributed by atoms with Gasteiger partial charge >= 0.3 is 0 Å². The average molecular weight is 250 g/mol.